The zero-order valence-corrected chi connectivity index (χ0v) is 22.0. The number of carbonyl (C=O) groups excluding carboxylic acids is 1. The summed E-state index contributed by atoms with van der Waals surface area (Å²) in [6.07, 6.45) is 6.85. The molecule has 7 nitrogen and oxygen atoms in total. The zero-order chi connectivity index (χ0) is 21.3. The Hall–Kier alpha value is -0.770. The van der Waals surface area contributed by atoms with Gasteiger partial charge in [-0.05, 0) is 65.8 Å². The molecule has 30 heavy (non-hydrogen) atoms. The maximum absolute atomic E-state index is 12.0. The Balaban J connectivity index is 0.00000450. The smallest absolute Gasteiger partial charge is 0.407 e. The standard InChI is InChI=1S/C22H43N5O2.HI/c1-6-8-9-18(15-25-21(28)29-22(3,4)5)26-20(23-7-2)24-14-17-12-13-27(16-17)19-10-11-19;/h17-19H,6-16H2,1-5H3,(H,25,28)(H2,23,24,26);1H. The summed E-state index contributed by atoms with van der Waals surface area (Å²) < 4.78 is 5.37. The molecule has 1 saturated carbocycles. The number of likely N-dealkylation sites (tertiary alicyclic amines) is 1. The number of hydrogen-bond acceptors (Lipinski definition) is 4. The molecule has 2 atom stereocenters. The van der Waals surface area contributed by atoms with Gasteiger partial charge >= 0.3 is 6.09 Å². The largest absolute Gasteiger partial charge is 0.444 e. The second-order valence-electron chi connectivity index (χ2n) is 9.47. The first kappa shape index (κ1) is 27.3. The van der Waals surface area contributed by atoms with Crippen LogP contribution in [0.25, 0.3) is 0 Å². The minimum atomic E-state index is -0.484. The van der Waals surface area contributed by atoms with Gasteiger partial charge in [0.25, 0.3) is 0 Å². The third-order valence-corrected chi connectivity index (χ3v) is 5.37. The quantitative estimate of drug-likeness (QED) is 0.225. The summed E-state index contributed by atoms with van der Waals surface area (Å²) in [5.74, 6) is 1.50. The van der Waals surface area contributed by atoms with Crippen molar-refractivity contribution in [2.24, 2.45) is 10.9 Å². The number of nitrogens with one attached hydrogen (secondary N) is 3. The van der Waals surface area contributed by atoms with Crippen molar-refractivity contribution in [2.75, 3.05) is 32.7 Å². The van der Waals surface area contributed by atoms with Crippen LogP contribution >= 0.6 is 24.0 Å². The second kappa shape index (κ2) is 13.6. The number of alkyl carbamates (subject to hydrolysis) is 1. The van der Waals surface area contributed by atoms with Crippen molar-refractivity contribution in [2.45, 2.75) is 90.8 Å². The summed E-state index contributed by atoms with van der Waals surface area (Å²) in [7, 11) is 0. The molecule has 2 fully saturated rings. The van der Waals surface area contributed by atoms with Crippen LogP contribution in [0.5, 0.6) is 0 Å². The van der Waals surface area contributed by atoms with Crippen molar-refractivity contribution in [1.29, 1.82) is 0 Å². The third kappa shape index (κ3) is 11.0. The molecule has 1 saturated heterocycles. The Labute approximate surface area is 200 Å². The fourth-order valence-electron chi connectivity index (χ4n) is 3.71. The fraction of sp³-hybridized carbons (Fsp3) is 0.909. The number of ether oxygens (including phenoxy) is 1. The van der Waals surface area contributed by atoms with E-state index >= 15 is 0 Å². The van der Waals surface area contributed by atoms with Crippen LogP contribution < -0.4 is 16.0 Å². The van der Waals surface area contributed by atoms with Crippen molar-refractivity contribution in [3.63, 3.8) is 0 Å². The molecule has 3 N–H and O–H groups in total. The first-order valence-corrected chi connectivity index (χ1v) is 11.6. The lowest BCUT2D eigenvalue weighted by Gasteiger charge is -2.24. The van der Waals surface area contributed by atoms with E-state index in [9.17, 15) is 4.79 Å². The van der Waals surface area contributed by atoms with Crippen molar-refractivity contribution < 1.29 is 9.53 Å². The van der Waals surface area contributed by atoms with Crippen LogP contribution in [0.4, 0.5) is 4.79 Å². The highest BCUT2D eigenvalue weighted by molar-refractivity contribution is 14.0. The van der Waals surface area contributed by atoms with Gasteiger partial charge < -0.3 is 25.6 Å². The normalized spacial score (nSPS) is 21.0. The van der Waals surface area contributed by atoms with Crippen LogP contribution in [0, 0.1) is 5.92 Å². The van der Waals surface area contributed by atoms with Crippen LogP contribution in [0.15, 0.2) is 4.99 Å². The number of guanidine groups is 1. The molecular weight excluding hydrogens is 493 g/mol. The van der Waals surface area contributed by atoms with Gasteiger partial charge in [-0.3, -0.25) is 4.99 Å². The summed E-state index contributed by atoms with van der Waals surface area (Å²) >= 11 is 0. The Morgan fingerprint density at radius 2 is 1.93 bits per heavy atom. The highest BCUT2D eigenvalue weighted by atomic mass is 127. The van der Waals surface area contributed by atoms with E-state index < -0.39 is 5.60 Å². The molecule has 1 heterocycles. The van der Waals surface area contributed by atoms with E-state index in [0.29, 0.717) is 12.5 Å². The Morgan fingerprint density at radius 1 is 1.20 bits per heavy atom. The van der Waals surface area contributed by atoms with E-state index in [-0.39, 0.29) is 36.1 Å². The minimum absolute atomic E-state index is 0. The average Bonchev–Trinajstić information content (AvgIpc) is 3.39. The molecular formula is C22H44IN5O2. The molecule has 2 unspecified atom stereocenters. The lowest BCUT2D eigenvalue weighted by atomic mass is 10.1. The molecule has 0 spiro atoms. The number of rotatable bonds is 10. The van der Waals surface area contributed by atoms with Crippen molar-refractivity contribution in [3.8, 4) is 0 Å². The van der Waals surface area contributed by atoms with Crippen LogP contribution in [0.2, 0.25) is 0 Å². The van der Waals surface area contributed by atoms with E-state index in [2.05, 4.69) is 34.7 Å². The fourth-order valence-corrected chi connectivity index (χ4v) is 3.71. The minimum Gasteiger partial charge on any atom is -0.444 e. The summed E-state index contributed by atoms with van der Waals surface area (Å²) in [5, 5.41) is 9.81. The van der Waals surface area contributed by atoms with Crippen molar-refractivity contribution in [3.05, 3.63) is 0 Å². The molecule has 0 bridgehead atoms. The maximum atomic E-state index is 12.0. The van der Waals surface area contributed by atoms with Crippen molar-refractivity contribution >= 4 is 36.0 Å². The van der Waals surface area contributed by atoms with Gasteiger partial charge in [-0.25, -0.2) is 4.79 Å². The summed E-state index contributed by atoms with van der Waals surface area (Å²) in [5.41, 5.74) is -0.484. The van der Waals surface area contributed by atoms with Crippen LogP contribution in [0.1, 0.15) is 73.1 Å². The van der Waals surface area contributed by atoms with Gasteiger partial charge in [-0.1, -0.05) is 19.8 Å². The topological polar surface area (TPSA) is 78.0 Å². The van der Waals surface area contributed by atoms with E-state index in [1.165, 1.54) is 32.4 Å². The van der Waals surface area contributed by atoms with Gasteiger partial charge in [0.1, 0.15) is 5.60 Å². The van der Waals surface area contributed by atoms with Gasteiger partial charge in [0, 0.05) is 38.3 Å². The van der Waals surface area contributed by atoms with Crippen LogP contribution in [-0.2, 0) is 4.74 Å². The van der Waals surface area contributed by atoms with E-state index in [1.54, 1.807) is 0 Å². The Bertz CT molecular complexity index is 534. The number of carbonyl (C=O) groups is 1. The summed E-state index contributed by atoms with van der Waals surface area (Å²) in [6, 6.07) is 0.986. The molecule has 0 aromatic carbocycles. The molecule has 1 aliphatic heterocycles. The highest BCUT2D eigenvalue weighted by Crippen LogP contribution is 2.31. The summed E-state index contributed by atoms with van der Waals surface area (Å²) in [6.45, 7) is 14.5. The van der Waals surface area contributed by atoms with Crippen LogP contribution in [-0.4, -0.2) is 67.4 Å². The molecule has 2 rings (SSSR count). The Kier molecular flexibility index (Phi) is 12.4. The first-order chi connectivity index (χ1) is 13.8. The van der Waals surface area contributed by atoms with E-state index in [0.717, 1.165) is 44.4 Å². The molecule has 2 aliphatic rings. The predicted molar refractivity (Wildman–Crippen MR) is 135 cm³/mol. The van der Waals surface area contributed by atoms with Gasteiger partial charge in [0.2, 0.25) is 0 Å². The number of aliphatic imine (C=N–C) groups is 1. The SMILES string of the molecule is CCCCC(CNC(=O)OC(C)(C)C)NC(=NCC1CCN(C2CC2)C1)NCC.I. The molecule has 0 radical (unpaired) electrons. The number of nitrogens with zero attached hydrogens (tertiary/aromatic N) is 2. The highest BCUT2D eigenvalue weighted by Gasteiger charge is 2.34. The average molecular weight is 538 g/mol. The number of halogens is 1. The number of unbranched alkanes of at least 4 members (excludes halogenated alkanes) is 1. The van der Waals surface area contributed by atoms with Gasteiger partial charge in [-0.2, -0.15) is 0 Å². The van der Waals surface area contributed by atoms with Crippen LogP contribution in [0.3, 0.4) is 0 Å². The molecule has 1 aliphatic carbocycles. The number of amides is 1. The first-order valence-electron chi connectivity index (χ1n) is 11.6. The summed E-state index contributed by atoms with van der Waals surface area (Å²) in [4.78, 5) is 19.5. The van der Waals surface area contributed by atoms with Gasteiger partial charge in [-0.15, -0.1) is 24.0 Å². The third-order valence-electron chi connectivity index (χ3n) is 5.37. The lowest BCUT2D eigenvalue weighted by molar-refractivity contribution is 0.0522. The number of hydrogen-bond donors (Lipinski definition) is 3. The lowest BCUT2D eigenvalue weighted by Crippen LogP contribution is -2.49. The molecule has 0 aromatic rings. The zero-order valence-electron chi connectivity index (χ0n) is 19.6. The van der Waals surface area contributed by atoms with Gasteiger partial charge in [0.05, 0.1) is 0 Å². The molecule has 8 heteroatoms. The predicted octanol–water partition coefficient (Wildman–Crippen LogP) is 3.73. The van der Waals surface area contributed by atoms with Gasteiger partial charge in [0.15, 0.2) is 5.96 Å². The molecule has 0 aromatic heterocycles. The molecule has 176 valence electrons. The maximum Gasteiger partial charge on any atom is 0.407 e. The Morgan fingerprint density at radius 3 is 2.53 bits per heavy atom. The second-order valence-corrected chi connectivity index (χ2v) is 9.47. The van der Waals surface area contributed by atoms with E-state index in [1.807, 2.05) is 20.8 Å². The molecule has 1 amide bonds. The monoisotopic (exact) mass is 537 g/mol. The van der Waals surface area contributed by atoms with E-state index in [4.69, 9.17) is 9.73 Å². The van der Waals surface area contributed by atoms with Crippen molar-refractivity contribution in [1.82, 2.24) is 20.9 Å².